The van der Waals surface area contributed by atoms with Crippen molar-refractivity contribution in [2.45, 2.75) is 64.5 Å². The van der Waals surface area contributed by atoms with Crippen LogP contribution in [0.15, 0.2) is 23.0 Å². The Balaban J connectivity index is 1.21. The molecule has 1 fully saturated rings. The van der Waals surface area contributed by atoms with Gasteiger partial charge in [0.2, 0.25) is 0 Å². The molecular formula is C21H31N5O. The van der Waals surface area contributed by atoms with Gasteiger partial charge in [0, 0.05) is 25.7 Å². The predicted molar refractivity (Wildman–Crippen MR) is 110 cm³/mol. The third-order valence-electron chi connectivity index (χ3n) is 5.85. The number of imidazole rings is 2. The maximum atomic E-state index is 12.8. The summed E-state index contributed by atoms with van der Waals surface area (Å²) in [6.45, 7) is 5.76. The Labute approximate surface area is 160 Å². The van der Waals surface area contributed by atoms with Gasteiger partial charge in [-0.1, -0.05) is 25.3 Å². The number of aryl methyl sites for hydroxylation is 2. The molecule has 0 aromatic carbocycles. The lowest BCUT2D eigenvalue weighted by Crippen LogP contribution is -2.36. The van der Waals surface area contributed by atoms with Gasteiger partial charge in [0.15, 0.2) is 0 Å². The van der Waals surface area contributed by atoms with Crippen LogP contribution in [0.1, 0.15) is 50.6 Å². The van der Waals surface area contributed by atoms with E-state index in [4.69, 9.17) is 0 Å². The van der Waals surface area contributed by atoms with Gasteiger partial charge in [-0.2, -0.15) is 0 Å². The second kappa shape index (κ2) is 8.40. The molecule has 0 bridgehead atoms. The highest BCUT2D eigenvalue weighted by atomic mass is 16.1. The van der Waals surface area contributed by atoms with E-state index in [9.17, 15) is 4.79 Å². The SMILES string of the molecule is Cc1nc2cccc3n(CCCCNCCNC4CCCCC4)c(=O)c1n23. The Kier molecular flexibility index (Phi) is 5.74. The standard InChI is InChI=1S/C21H31N5O/c1-16-20-21(27)25(19-11-7-10-18(24-16)26(19)20)15-6-5-12-22-13-14-23-17-8-3-2-4-9-17/h7,10-11,17,22-23H,2-6,8-9,12-15H2,1H3. The first-order valence-corrected chi connectivity index (χ1v) is 10.5. The quantitative estimate of drug-likeness (QED) is 0.569. The van der Waals surface area contributed by atoms with Crippen molar-refractivity contribution >= 4 is 16.8 Å². The Hall–Kier alpha value is -1.92. The molecule has 27 heavy (non-hydrogen) atoms. The molecule has 146 valence electrons. The molecule has 2 N–H and O–H groups in total. The second-order valence-electron chi connectivity index (χ2n) is 7.83. The summed E-state index contributed by atoms with van der Waals surface area (Å²) in [5.41, 5.74) is 3.46. The number of nitrogens with zero attached hydrogens (tertiary/aromatic N) is 3. The summed E-state index contributed by atoms with van der Waals surface area (Å²) in [6, 6.07) is 6.69. The third-order valence-corrected chi connectivity index (χ3v) is 5.85. The largest absolute Gasteiger partial charge is 0.315 e. The minimum atomic E-state index is 0.0887. The third kappa shape index (κ3) is 3.87. The Bertz CT molecular complexity index is 922. The first kappa shape index (κ1) is 18.4. The van der Waals surface area contributed by atoms with Crippen molar-refractivity contribution in [1.82, 2.24) is 24.6 Å². The summed E-state index contributed by atoms with van der Waals surface area (Å²) >= 11 is 0. The van der Waals surface area contributed by atoms with Crippen molar-refractivity contribution < 1.29 is 0 Å². The van der Waals surface area contributed by atoms with E-state index >= 15 is 0 Å². The fraction of sp³-hybridized carbons (Fsp3) is 0.619. The van der Waals surface area contributed by atoms with Crippen LogP contribution in [-0.4, -0.2) is 39.6 Å². The maximum absolute atomic E-state index is 12.8. The lowest BCUT2D eigenvalue weighted by atomic mass is 9.95. The Morgan fingerprint density at radius 3 is 2.81 bits per heavy atom. The Morgan fingerprint density at radius 1 is 1.11 bits per heavy atom. The molecule has 1 aliphatic carbocycles. The molecule has 1 saturated carbocycles. The van der Waals surface area contributed by atoms with Gasteiger partial charge in [-0.3, -0.25) is 13.8 Å². The molecule has 0 unspecified atom stereocenters. The van der Waals surface area contributed by atoms with Crippen LogP contribution in [0.5, 0.6) is 0 Å². The number of pyridine rings is 1. The number of nitrogens with one attached hydrogen (secondary N) is 2. The van der Waals surface area contributed by atoms with Crippen molar-refractivity contribution in [2.75, 3.05) is 19.6 Å². The molecule has 6 nitrogen and oxygen atoms in total. The van der Waals surface area contributed by atoms with Gasteiger partial charge in [-0.05, 0) is 51.3 Å². The molecule has 0 spiro atoms. The molecule has 6 heteroatoms. The van der Waals surface area contributed by atoms with E-state index in [2.05, 4.69) is 15.6 Å². The fourth-order valence-corrected chi connectivity index (χ4v) is 4.41. The summed E-state index contributed by atoms with van der Waals surface area (Å²) in [4.78, 5) is 17.2. The summed E-state index contributed by atoms with van der Waals surface area (Å²) in [5.74, 6) is 0. The summed E-state index contributed by atoms with van der Waals surface area (Å²) in [6.07, 6.45) is 8.94. The average Bonchev–Trinajstić information content (AvgIpc) is 3.17. The number of aromatic nitrogens is 3. The molecule has 0 radical (unpaired) electrons. The molecule has 0 aliphatic heterocycles. The van der Waals surface area contributed by atoms with Crippen LogP contribution >= 0.6 is 0 Å². The first-order chi connectivity index (χ1) is 13.3. The molecule has 0 amide bonds. The van der Waals surface area contributed by atoms with Crippen molar-refractivity contribution in [1.29, 1.82) is 0 Å². The van der Waals surface area contributed by atoms with Crippen molar-refractivity contribution in [3.05, 3.63) is 34.2 Å². The van der Waals surface area contributed by atoms with Gasteiger partial charge < -0.3 is 10.6 Å². The first-order valence-electron chi connectivity index (χ1n) is 10.5. The molecule has 1 aliphatic rings. The summed E-state index contributed by atoms with van der Waals surface area (Å²) in [5, 5.41) is 7.18. The Morgan fingerprint density at radius 2 is 1.96 bits per heavy atom. The monoisotopic (exact) mass is 369 g/mol. The zero-order valence-corrected chi connectivity index (χ0v) is 16.3. The van der Waals surface area contributed by atoms with Crippen molar-refractivity contribution in [3.8, 4) is 0 Å². The number of rotatable bonds is 9. The van der Waals surface area contributed by atoms with Crippen LogP contribution in [0.25, 0.3) is 16.8 Å². The van der Waals surface area contributed by atoms with E-state index < -0.39 is 0 Å². The lowest BCUT2D eigenvalue weighted by Gasteiger charge is -2.22. The lowest BCUT2D eigenvalue weighted by molar-refractivity contribution is 0.372. The van der Waals surface area contributed by atoms with E-state index in [1.165, 1.54) is 32.1 Å². The van der Waals surface area contributed by atoms with Crippen LogP contribution in [-0.2, 0) is 6.54 Å². The van der Waals surface area contributed by atoms with Crippen LogP contribution < -0.4 is 16.2 Å². The zero-order valence-electron chi connectivity index (χ0n) is 16.3. The molecule has 4 rings (SSSR count). The van der Waals surface area contributed by atoms with E-state index in [0.29, 0.717) is 0 Å². The molecule has 3 aromatic heterocycles. The minimum absolute atomic E-state index is 0.0887. The maximum Gasteiger partial charge on any atom is 0.278 e. The van der Waals surface area contributed by atoms with Crippen LogP contribution in [0.4, 0.5) is 0 Å². The van der Waals surface area contributed by atoms with E-state index in [1.807, 2.05) is 34.1 Å². The van der Waals surface area contributed by atoms with Gasteiger partial charge in [0.05, 0.1) is 5.69 Å². The molecular weight excluding hydrogens is 338 g/mol. The van der Waals surface area contributed by atoms with Gasteiger partial charge in [-0.25, -0.2) is 4.98 Å². The number of hydrogen-bond donors (Lipinski definition) is 2. The normalized spacial score (nSPS) is 16.0. The molecule has 3 heterocycles. The number of hydrogen-bond acceptors (Lipinski definition) is 4. The van der Waals surface area contributed by atoms with Gasteiger partial charge in [0.1, 0.15) is 16.8 Å². The van der Waals surface area contributed by atoms with Crippen molar-refractivity contribution in [3.63, 3.8) is 0 Å². The van der Waals surface area contributed by atoms with E-state index in [-0.39, 0.29) is 5.56 Å². The molecule has 0 atom stereocenters. The van der Waals surface area contributed by atoms with Gasteiger partial charge in [-0.15, -0.1) is 0 Å². The topological polar surface area (TPSA) is 63.4 Å². The van der Waals surface area contributed by atoms with Crippen molar-refractivity contribution in [2.24, 2.45) is 0 Å². The van der Waals surface area contributed by atoms with Crippen LogP contribution in [0, 0.1) is 6.92 Å². The second-order valence-corrected chi connectivity index (χ2v) is 7.83. The number of unbranched alkanes of at least 4 members (excludes halogenated alkanes) is 1. The molecule has 3 aromatic rings. The fourth-order valence-electron chi connectivity index (χ4n) is 4.41. The minimum Gasteiger partial charge on any atom is -0.315 e. The van der Waals surface area contributed by atoms with Crippen LogP contribution in [0.3, 0.4) is 0 Å². The highest BCUT2D eigenvalue weighted by molar-refractivity contribution is 5.69. The van der Waals surface area contributed by atoms with E-state index in [0.717, 1.165) is 67.6 Å². The molecule has 0 saturated heterocycles. The van der Waals surface area contributed by atoms with Crippen LogP contribution in [0.2, 0.25) is 0 Å². The highest BCUT2D eigenvalue weighted by Crippen LogP contribution is 2.18. The van der Waals surface area contributed by atoms with Gasteiger partial charge in [0.25, 0.3) is 5.56 Å². The predicted octanol–water partition coefficient (Wildman–Crippen LogP) is 2.69. The average molecular weight is 370 g/mol. The highest BCUT2D eigenvalue weighted by Gasteiger charge is 2.17. The smallest absolute Gasteiger partial charge is 0.278 e. The summed E-state index contributed by atoms with van der Waals surface area (Å²) < 4.78 is 3.90. The van der Waals surface area contributed by atoms with E-state index in [1.54, 1.807) is 0 Å². The zero-order chi connectivity index (χ0) is 18.6. The van der Waals surface area contributed by atoms with Gasteiger partial charge >= 0.3 is 0 Å². The summed E-state index contributed by atoms with van der Waals surface area (Å²) in [7, 11) is 0.